The van der Waals surface area contributed by atoms with Crippen LogP contribution in [0.25, 0.3) is 0 Å². The first-order valence-electron chi connectivity index (χ1n) is 4.34. The standard InChI is InChI=1S/C10H15NO3/c1-6-3-8(13)10(7(11)5-12)9(4-6)14-2/h3-4,7,12-13H,5,11H2,1-2H3/t7-/m1/s1. The Morgan fingerprint density at radius 3 is 2.64 bits per heavy atom. The molecular weight excluding hydrogens is 182 g/mol. The van der Waals surface area contributed by atoms with Gasteiger partial charge in [-0.05, 0) is 24.6 Å². The minimum atomic E-state index is -0.620. The van der Waals surface area contributed by atoms with Crippen LogP contribution in [0.2, 0.25) is 0 Å². The van der Waals surface area contributed by atoms with Crippen molar-refractivity contribution in [2.75, 3.05) is 13.7 Å². The van der Waals surface area contributed by atoms with Gasteiger partial charge in [-0.15, -0.1) is 0 Å². The molecule has 0 saturated carbocycles. The summed E-state index contributed by atoms with van der Waals surface area (Å²) in [6.07, 6.45) is 0. The third-order valence-corrected chi connectivity index (χ3v) is 2.05. The van der Waals surface area contributed by atoms with Crippen LogP contribution >= 0.6 is 0 Å². The van der Waals surface area contributed by atoms with Crippen LogP contribution in [0.3, 0.4) is 0 Å². The molecule has 0 aliphatic carbocycles. The number of benzene rings is 1. The molecule has 0 spiro atoms. The van der Waals surface area contributed by atoms with Gasteiger partial charge in [-0.1, -0.05) is 0 Å². The zero-order valence-electron chi connectivity index (χ0n) is 8.32. The van der Waals surface area contributed by atoms with Gasteiger partial charge in [-0.25, -0.2) is 0 Å². The number of aromatic hydroxyl groups is 1. The van der Waals surface area contributed by atoms with Crippen LogP contribution in [0.15, 0.2) is 12.1 Å². The molecule has 1 atom stereocenters. The van der Waals surface area contributed by atoms with E-state index in [1.807, 2.05) is 6.92 Å². The molecule has 0 fully saturated rings. The molecule has 0 aliphatic rings. The van der Waals surface area contributed by atoms with Crippen molar-refractivity contribution in [2.45, 2.75) is 13.0 Å². The first-order chi connectivity index (χ1) is 6.60. The van der Waals surface area contributed by atoms with E-state index in [0.717, 1.165) is 5.56 Å². The maximum atomic E-state index is 9.63. The third kappa shape index (κ3) is 1.97. The van der Waals surface area contributed by atoms with E-state index in [2.05, 4.69) is 0 Å². The predicted molar refractivity (Wildman–Crippen MR) is 53.4 cm³/mol. The number of hydrogen-bond donors (Lipinski definition) is 3. The van der Waals surface area contributed by atoms with Crippen LogP contribution in [0.5, 0.6) is 11.5 Å². The van der Waals surface area contributed by atoms with E-state index in [4.69, 9.17) is 15.6 Å². The molecule has 1 aromatic rings. The summed E-state index contributed by atoms with van der Waals surface area (Å²) in [5.74, 6) is 0.562. The van der Waals surface area contributed by atoms with Gasteiger partial charge in [-0.3, -0.25) is 0 Å². The average Bonchev–Trinajstić information content (AvgIpc) is 2.15. The summed E-state index contributed by atoms with van der Waals surface area (Å²) in [6.45, 7) is 1.61. The molecule has 4 heteroatoms. The van der Waals surface area contributed by atoms with E-state index in [-0.39, 0.29) is 12.4 Å². The number of phenols is 1. The monoisotopic (exact) mass is 197 g/mol. The Bertz CT molecular complexity index is 325. The lowest BCUT2D eigenvalue weighted by atomic mass is 10.0. The topological polar surface area (TPSA) is 75.7 Å². The number of nitrogens with two attached hydrogens (primary N) is 1. The average molecular weight is 197 g/mol. The molecule has 4 N–H and O–H groups in total. The van der Waals surface area contributed by atoms with Gasteiger partial charge < -0.3 is 20.7 Å². The summed E-state index contributed by atoms with van der Waals surface area (Å²) in [4.78, 5) is 0. The zero-order valence-corrected chi connectivity index (χ0v) is 8.32. The summed E-state index contributed by atoms with van der Waals surface area (Å²) in [5.41, 5.74) is 6.96. The van der Waals surface area contributed by atoms with E-state index in [0.29, 0.717) is 11.3 Å². The van der Waals surface area contributed by atoms with Gasteiger partial charge >= 0.3 is 0 Å². The van der Waals surface area contributed by atoms with Gasteiger partial charge in [-0.2, -0.15) is 0 Å². The number of aliphatic hydroxyl groups is 1. The Kier molecular flexibility index (Phi) is 3.33. The van der Waals surface area contributed by atoms with Crippen molar-refractivity contribution in [2.24, 2.45) is 5.73 Å². The van der Waals surface area contributed by atoms with Gasteiger partial charge in [0.25, 0.3) is 0 Å². The van der Waals surface area contributed by atoms with E-state index < -0.39 is 6.04 Å². The highest BCUT2D eigenvalue weighted by Crippen LogP contribution is 2.33. The van der Waals surface area contributed by atoms with Crippen LogP contribution in [-0.2, 0) is 0 Å². The predicted octanol–water partition coefficient (Wildman–Crippen LogP) is 0.701. The fourth-order valence-electron chi connectivity index (χ4n) is 1.38. The smallest absolute Gasteiger partial charge is 0.127 e. The molecule has 1 aromatic carbocycles. The van der Waals surface area contributed by atoms with Crippen LogP contribution in [-0.4, -0.2) is 23.9 Å². The summed E-state index contributed by atoms with van der Waals surface area (Å²) < 4.78 is 5.08. The summed E-state index contributed by atoms with van der Waals surface area (Å²) in [7, 11) is 1.50. The Morgan fingerprint density at radius 2 is 2.14 bits per heavy atom. The van der Waals surface area contributed by atoms with Gasteiger partial charge in [0.2, 0.25) is 0 Å². The highest BCUT2D eigenvalue weighted by atomic mass is 16.5. The lowest BCUT2D eigenvalue weighted by Crippen LogP contribution is -2.15. The third-order valence-electron chi connectivity index (χ3n) is 2.05. The van der Waals surface area contributed by atoms with E-state index in [9.17, 15) is 5.11 Å². The molecule has 0 unspecified atom stereocenters. The number of aryl methyl sites for hydroxylation is 1. The van der Waals surface area contributed by atoms with E-state index >= 15 is 0 Å². The second-order valence-corrected chi connectivity index (χ2v) is 3.19. The van der Waals surface area contributed by atoms with Crippen molar-refractivity contribution in [1.29, 1.82) is 0 Å². The Labute approximate surface area is 82.9 Å². The summed E-state index contributed by atoms with van der Waals surface area (Å²) >= 11 is 0. The Hall–Kier alpha value is -1.26. The number of phenolic OH excluding ortho intramolecular Hbond substituents is 1. The number of ether oxygens (including phenoxy) is 1. The molecule has 78 valence electrons. The van der Waals surface area contributed by atoms with Gasteiger partial charge in [0.1, 0.15) is 11.5 Å². The molecular formula is C10H15NO3. The van der Waals surface area contributed by atoms with Crippen molar-refractivity contribution in [3.05, 3.63) is 23.3 Å². The highest BCUT2D eigenvalue weighted by Gasteiger charge is 2.16. The lowest BCUT2D eigenvalue weighted by Gasteiger charge is -2.15. The first-order valence-corrected chi connectivity index (χ1v) is 4.34. The quantitative estimate of drug-likeness (QED) is 0.666. The van der Waals surface area contributed by atoms with Crippen molar-refractivity contribution in [3.63, 3.8) is 0 Å². The van der Waals surface area contributed by atoms with Gasteiger partial charge in [0.05, 0.1) is 25.3 Å². The maximum absolute atomic E-state index is 9.63. The molecule has 0 amide bonds. The molecule has 0 aromatic heterocycles. The van der Waals surface area contributed by atoms with Crippen LogP contribution < -0.4 is 10.5 Å². The molecule has 1 rings (SSSR count). The summed E-state index contributed by atoms with van der Waals surface area (Å²) in [6, 6.07) is 2.74. The lowest BCUT2D eigenvalue weighted by molar-refractivity contribution is 0.261. The summed E-state index contributed by atoms with van der Waals surface area (Å²) in [5, 5.41) is 18.5. The molecule has 14 heavy (non-hydrogen) atoms. The van der Waals surface area contributed by atoms with Crippen LogP contribution in [0.4, 0.5) is 0 Å². The number of hydrogen-bond acceptors (Lipinski definition) is 4. The minimum absolute atomic E-state index is 0.0587. The first kappa shape index (κ1) is 10.8. The van der Waals surface area contributed by atoms with Crippen LogP contribution in [0.1, 0.15) is 17.2 Å². The zero-order chi connectivity index (χ0) is 10.7. The van der Waals surface area contributed by atoms with E-state index in [1.165, 1.54) is 7.11 Å². The molecule has 0 bridgehead atoms. The maximum Gasteiger partial charge on any atom is 0.127 e. The molecule has 0 saturated heterocycles. The normalized spacial score (nSPS) is 12.6. The number of aliphatic hydroxyl groups excluding tert-OH is 1. The molecule has 0 radical (unpaired) electrons. The fraction of sp³-hybridized carbons (Fsp3) is 0.400. The number of rotatable bonds is 3. The largest absolute Gasteiger partial charge is 0.507 e. The van der Waals surface area contributed by atoms with E-state index in [1.54, 1.807) is 12.1 Å². The van der Waals surface area contributed by atoms with Crippen LogP contribution in [0, 0.1) is 6.92 Å². The van der Waals surface area contributed by atoms with Crippen molar-refractivity contribution >= 4 is 0 Å². The second-order valence-electron chi connectivity index (χ2n) is 3.19. The van der Waals surface area contributed by atoms with Gasteiger partial charge in [0, 0.05) is 0 Å². The molecule has 0 aliphatic heterocycles. The van der Waals surface area contributed by atoms with Gasteiger partial charge in [0.15, 0.2) is 0 Å². The highest BCUT2D eigenvalue weighted by molar-refractivity contribution is 5.48. The Balaban J connectivity index is 3.24. The SMILES string of the molecule is COc1cc(C)cc(O)c1[C@H](N)CO. The van der Waals surface area contributed by atoms with Crippen molar-refractivity contribution < 1.29 is 14.9 Å². The van der Waals surface area contributed by atoms with Crippen molar-refractivity contribution in [3.8, 4) is 11.5 Å². The molecule has 4 nitrogen and oxygen atoms in total. The minimum Gasteiger partial charge on any atom is -0.507 e. The number of methoxy groups -OCH3 is 1. The Morgan fingerprint density at radius 1 is 1.50 bits per heavy atom. The fourth-order valence-corrected chi connectivity index (χ4v) is 1.38. The van der Waals surface area contributed by atoms with Crippen molar-refractivity contribution in [1.82, 2.24) is 0 Å². The second kappa shape index (κ2) is 4.30. The molecule has 0 heterocycles.